The Morgan fingerprint density at radius 3 is 2.79 bits per heavy atom. The molecule has 2 aromatic carbocycles. The monoisotopic (exact) mass is 525 g/mol. The van der Waals surface area contributed by atoms with Crippen molar-refractivity contribution in [3.8, 4) is 5.75 Å². The van der Waals surface area contributed by atoms with E-state index in [2.05, 4.69) is 4.90 Å². The molecule has 0 saturated carbocycles. The minimum atomic E-state index is -0.928. The van der Waals surface area contributed by atoms with E-state index >= 15 is 4.39 Å². The molecule has 0 aliphatic carbocycles. The summed E-state index contributed by atoms with van der Waals surface area (Å²) in [6, 6.07) is 10.6. The summed E-state index contributed by atoms with van der Waals surface area (Å²) in [6.07, 6.45) is 0.794. The van der Waals surface area contributed by atoms with Crippen LogP contribution < -0.4 is 20.0 Å². The number of carbonyl (C=O) groups is 2. The number of nitrogens with zero attached hydrogens (tertiary/aromatic N) is 3. The summed E-state index contributed by atoms with van der Waals surface area (Å²) in [5.41, 5.74) is 2.67. The number of piperazine rings is 1. The molecule has 38 heavy (non-hydrogen) atoms. The normalized spacial score (nSPS) is 19.6. The minimum Gasteiger partial charge on any atom is -0.494 e. The second kappa shape index (κ2) is 11.7. The van der Waals surface area contributed by atoms with Crippen LogP contribution in [0.1, 0.15) is 31.7 Å². The van der Waals surface area contributed by atoms with Crippen molar-refractivity contribution in [2.45, 2.75) is 38.9 Å². The third-order valence-electron chi connectivity index (χ3n) is 7.32. The summed E-state index contributed by atoms with van der Waals surface area (Å²) in [5, 5.41) is 10.0. The lowest BCUT2D eigenvalue weighted by Crippen LogP contribution is -2.47. The number of anilines is 2. The van der Waals surface area contributed by atoms with Crippen LogP contribution in [-0.4, -0.2) is 80.9 Å². The van der Waals surface area contributed by atoms with Crippen molar-refractivity contribution in [2.75, 3.05) is 55.7 Å². The van der Waals surface area contributed by atoms with Crippen LogP contribution in [0.15, 0.2) is 36.4 Å². The van der Waals surface area contributed by atoms with Gasteiger partial charge in [0, 0.05) is 44.6 Å². The van der Waals surface area contributed by atoms with Crippen molar-refractivity contribution in [1.82, 2.24) is 4.90 Å². The van der Waals surface area contributed by atoms with E-state index in [1.54, 1.807) is 12.1 Å². The number of fused-ring (bicyclic) bond motifs is 1. The molecule has 2 saturated heterocycles. The highest BCUT2D eigenvalue weighted by atomic mass is 19.1. The quantitative estimate of drug-likeness (QED) is 0.374. The Hall–Kier alpha value is -3.15. The van der Waals surface area contributed by atoms with Gasteiger partial charge >= 0.3 is 13.2 Å². The molecule has 5 rings (SSSR count). The number of rotatable bonds is 10. The molecule has 3 heterocycles. The van der Waals surface area contributed by atoms with Crippen LogP contribution in [-0.2, 0) is 20.8 Å². The molecule has 202 valence electrons. The number of benzene rings is 2. The molecule has 1 amide bonds. The van der Waals surface area contributed by atoms with Crippen molar-refractivity contribution in [3.63, 3.8) is 0 Å². The van der Waals surface area contributed by atoms with E-state index in [0.717, 1.165) is 37.1 Å². The molecule has 0 aromatic heterocycles. The molecule has 1 atom stereocenters. The third kappa shape index (κ3) is 5.95. The van der Waals surface area contributed by atoms with Crippen LogP contribution in [0.2, 0.25) is 0 Å². The lowest BCUT2D eigenvalue weighted by atomic mass is 9.79. The van der Waals surface area contributed by atoms with Gasteiger partial charge in [-0.1, -0.05) is 12.1 Å². The molecule has 3 aliphatic rings. The van der Waals surface area contributed by atoms with E-state index in [0.29, 0.717) is 62.8 Å². The van der Waals surface area contributed by atoms with Gasteiger partial charge < -0.3 is 28.8 Å². The zero-order chi connectivity index (χ0) is 26.6. The van der Waals surface area contributed by atoms with Crippen LogP contribution in [0.4, 0.5) is 20.6 Å². The fourth-order valence-electron chi connectivity index (χ4n) is 5.22. The van der Waals surface area contributed by atoms with Gasteiger partial charge in [-0.25, -0.2) is 9.18 Å². The standard InChI is InChI=1S/C27H33BFN3O6/c1-19(33)6-8-22-17-32(27(34)38-22)21-7-9-24(23(29)16-21)31-13-11-30(12-14-31)10-3-15-36-25-5-2-4-20-18-37-28(35)26(20)25/h2,4-5,7,9,16,22,35H,3,6,8,10-15,17-18H2,1H3/t22-/m0/s1. The molecule has 2 aromatic rings. The van der Waals surface area contributed by atoms with Crippen molar-refractivity contribution in [3.05, 3.63) is 47.8 Å². The Kier molecular flexibility index (Phi) is 8.16. The maximum absolute atomic E-state index is 15.1. The second-order valence-corrected chi connectivity index (χ2v) is 10.0. The van der Waals surface area contributed by atoms with Gasteiger partial charge in [-0.2, -0.15) is 0 Å². The molecular formula is C27H33BFN3O6. The average Bonchev–Trinajstić information content (AvgIpc) is 3.48. The van der Waals surface area contributed by atoms with Crippen LogP contribution in [0, 0.1) is 5.82 Å². The molecule has 3 aliphatic heterocycles. The van der Waals surface area contributed by atoms with Gasteiger partial charge in [0.05, 0.1) is 31.1 Å². The first-order chi connectivity index (χ1) is 18.4. The van der Waals surface area contributed by atoms with Crippen molar-refractivity contribution >= 4 is 35.8 Å². The van der Waals surface area contributed by atoms with Gasteiger partial charge in [0.1, 0.15) is 23.5 Å². The Bertz CT molecular complexity index is 1180. The van der Waals surface area contributed by atoms with E-state index in [-0.39, 0.29) is 17.7 Å². The van der Waals surface area contributed by atoms with Crippen molar-refractivity contribution in [2.24, 2.45) is 0 Å². The van der Waals surface area contributed by atoms with Gasteiger partial charge in [0.15, 0.2) is 0 Å². The van der Waals surface area contributed by atoms with Crippen LogP contribution in [0.25, 0.3) is 0 Å². The minimum absolute atomic E-state index is 0.0506. The number of hydrogen-bond acceptors (Lipinski definition) is 8. The summed E-state index contributed by atoms with van der Waals surface area (Å²) < 4.78 is 31.6. The van der Waals surface area contributed by atoms with Crippen molar-refractivity contribution in [1.29, 1.82) is 0 Å². The van der Waals surface area contributed by atoms with Crippen LogP contribution >= 0.6 is 0 Å². The van der Waals surface area contributed by atoms with Gasteiger partial charge in [0.2, 0.25) is 0 Å². The van der Waals surface area contributed by atoms with E-state index in [1.807, 2.05) is 23.1 Å². The zero-order valence-corrected chi connectivity index (χ0v) is 21.6. The predicted octanol–water partition coefficient (Wildman–Crippen LogP) is 2.33. The van der Waals surface area contributed by atoms with Gasteiger partial charge in [0.25, 0.3) is 0 Å². The molecule has 1 N–H and O–H groups in total. The topological polar surface area (TPSA) is 91.8 Å². The highest BCUT2D eigenvalue weighted by molar-refractivity contribution is 6.62. The molecule has 0 spiro atoms. The highest BCUT2D eigenvalue weighted by Gasteiger charge is 2.33. The summed E-state index contributed by atoms with van der Waals surface area (Å²) in [4.78, 5) is 29.3. The number of ether oxygens (including phenoxy) is 2. The average molecular weight is 525 g/mol. The van der Waals surface area contributed by atoms with Gasteiger partial charge in [-0.05, 0) is 49.6 Å². The Labute approximate surface area is 222 Å². The molecule has 0 radical (unpaired) electrons. The number of halogens is 1. The number of ketones is 1. The summed E-state index contributed by atoms with van der Waals surface area (Å²) in [5.74, 6) is 0.352. The van der Waals surface area contributed by atoms with E-state index < -0.39 is 13.2 Å². The van der Waals surface area contributed by atoms with Crippen molar-refractivity contribution < 1.29 is 33.1 Å². The summed E-state index contributed by atoms with van der Waals surface area (Å²) >= 11 is 0. The number of Topliss-reactive ketones (excluding diaryl/α,β-unsaturated/α-hetero) is 1. The first-order valence-electron chi connectivity index (χ1n) is 13.2. The predicted molar refractivity (Wildman–Crippen MR) is 142 cm³/mol. The highest BCUT2D eigenvalue weighted by Crippen LogP contribution is 2.29. The first kappa shape index (κ1) is 26.5. The van der Waals surface area contributed by atoms with Crippen LogP contribution in [0.3, 0.4) is 0 Å². The number of hydrogen-bond donors (Lipinski definition) is 1. The number of carbonyl (C=O) groups excluding carboxylic acids is 2. The summed E-state index contributed by atoms with van der Waals surface area (Å²) in [6.45, 7) is 6.64. The SMILES string of the molecule is CC(=O)CC[C@H]1CN(c2ccc(N3CCN(CCCOc4cccc5c4B(O)OC5)CC3)c(F)c2)C(=O)O1. The molecule has 2 fully saturated rings. The van der Waals surface area contributed by atoms with Crippen LogP contribution in [0.5, 0.6) is 5.75 Å². The lowest BCUT2D eigenvalue weighted by molar-refractivity contribution is -0.117. The second-order valence-electron chi connectivity index (χ2n) is 10.0. The first-order valence-corrected chi connectivity index (χ1v) is 13.2. The van der Waals surface area contributed by atoms with Gasteiger partial charge in [-0.3, -0.25) is 9.80 Å². The maximum atomic E-state index is 15.1. The largest absolute Gasteiger partial charge is 0.495 e. The molecule has 11 heteroatoms. The van der Waals surface area contributed by atoms with E-state index in [1.165, 1.54) is 17.9 Å². The summed E-state index contributed by atoms with van der Waals surface area (Å²) in [7, 11) is -0.928. The fourth-order valence-corrected chi connectivity index (χ4v) is 5.22. The smallest absolute Gasteiger partial charge is 0.494 e. The van der Waals surface area contributed by atoms with Gasteiger partial charge in [-0.15, -0.1) is 0 Å². The Morgan fingerprint density at radius 2 is 2.03 bits per heavy atom. The molecular weight excluding hydrogens is 492 g/mol. The fraction of sp³-hybridized carbons (Fsp3) is 0.481. The number of cyclic esters (lactones) is 1. The maximum Gasteiger partial charge on any atom is 0.495 e. The Balaban J connectivity index is 1.07. The third-order valence-corrected chi connectivity index (χ3v) is 7.32. The molecule has 0 bridgehead atoms. The lowest BCUT2D eigenvalue weighted by Gasteiger charge is -2.36. The van der Waals surface area contributed by atoms with E-state index in [4.69, 9.17) is 14.1 Å². The zero-order valence-electron chi connectivity index (χ0n) is 21.6. The molecule has 0 unspecified atom stereocenters. The Morgan fingerprint density at radius 1 is 1.21 bits per heavy atom. The molecule has 9 nitrogen and oxygen atoms in total. The number of amides is 1. The van der Waals surface area contributed by atoms with E-state index in [9.17, 15) is 14.6 Å².